The molecule has 1 aliphatic carbocycles. The summed E-state index contributed by atoms with van der Waals surface area (Å²) in [5, 5.41) is 0. The van der Waals surface area contributed by atoms with Gasteiger partial charge in [0, 0.05) is 0 Å². The third-order valence-corrected chi connectivity index (χ3v) is 1.73. The molecule has 0 spiro atoms. The molecule has 1 atom stereocenters. The van der Waals surface area contributed by atoms with Crippen molar-refractivity contribution in [3.63, 3.8) is 0 Å². The Bertz CT molecular complexity index is 168. The molecule has 4 N–H and O–H groups in total. The third-order valence-electron chi connectivity index (χ3n) is 1.73. The van der Waals surface area contributed by atoms with Gasteiger partial charge in [0.05, 0.1) is 6.17 Å². The summed E-state index contributed by atoms with van der Waals surface area (Å²) in [5.74, 6) is 0.641. The number of hydrogen-bond donors (Lipinski definition) is 2. The average molecular weight is 138 g/mol. The lowest BCUT2D eigenvalue weighted by Crippen LogP contribution is -2.32. The van der Waals surface area contributed by atoms with Gasteiger partial charge in [0.2, 0.25) is 0 Å². The summed E-state index contributed by atoms with van der Waals surface area (Å²) in [7, 11) is 0. The minimum absolute atomic E-state index is 0.302. The number of allylic oxidation sites excluding steroid dienone is 2. The molecule has 10 heavy (non-hydrogen) atoms. The molecule has 0 radical (unpaired) electrons. The summed E-state index contributed by atoms with van der Waals surface area (Å²) in [4.78, 5) is 0. The highest BCUT2D eigenvalue weighted by molar-refractivity contribution is 5.26. The SMILES string of the molecule is CC1C=CC(C(N)N)=CC1. The van der Waals surface area contributed by atoms with Crippen LogP contribution in [0.2, 0.25) is 0 Å². The predicted molar refractivity (Wildman–Crippen MR) is 43.2 cm³/mol. The summed E-state index contributed by atoms with van der Waals surface area (Å²) in [6.07, 6.45) is 7.02. The first-order chi connectivity index (χ1) is 4.70. The Labute approximate surface area is 61.6 Å². The van der Waals surface area contributed by atoms with Gasteiger partial charge in [0.25, 0.3) is 0 Å². The molecule has 0 heterocycles. The van der Waals surface area contributed by atoms with E-state index in [2.05, 4.69) is 19.1 Å². The fourth-order valence-corrected chi connectivity index (χ4v) is 0.991. The van der Waals surface area contributed by atoms with E-state index in [1.807, 2.05) is 6.08 Å². The van der Waals surface area contributed by atoms with Crippen molar-refractivity contribution in [1.82, 2.24) is 0 Å². The molecule has 0 aliphatic heterocycles. The van der Waals surface area contributed by atoms with Crippen LogP contribution in [-0.4, -0.2) is 6.17 Å². The summed E-state index contributed by atoms with van der Waals surface area (Å²) >= 11 is 0. The van der Waals surface area contributed by atoms with Crippen molar-refractivity contribution in [2.24, 2.45) is 17.4 Å². The highest BCUT2D eigenvalue weighted by atomic mass is 14.8. The van der Waals surface area contributed by atoms with E-state index in [1.54, 1.807) is 0 Å². The van der Waals surface area contributed by atoms with Crippen LogP contribution in [0, 0.1) is 5.92 Å². The van der Waals surface area contributed by atoms with Crippen LogP contribution in [0.3, 0.4) is 0 Å². The van der Waals surface area contributed by atoms with Crippen molar-refractivity contribution >= 4 is 0 Å². The van der Waals surface area contributed by atoms with E-state index < -0.39 is 0 Å². The Hall–Kier alpha value is -0.600. The normalized spacial score (nSPS) is 25.2. The first-order valence-corrected chi connectivity index (χ1v) is 3.59. The van der Waals surface area contributed by atoms with Crippen LogP contribution in [0.15, 0.2) is 23.8 Å². The maximum Gasteiger partial charge on any atom is 0.0781 e. The maximum atomic E-state index is 5.47. The lowest BCUT2D eigenvalue weighted by molar-refractivity contribution is 0.711. The van der Waals surface area contributed by atoms with Crippen molar-refractivity contribution in [3.05, 3.63) is 23.8 Å². The van der Waals surface area contributed by atoms with E-state index in [9.17, 15) is 0 Å². The van der Waals surface area contributed by atoms with E-state index in [0.717, 1.165) is 12.0 Å². The molecule has 0 aromatic carbocycles. The summed E-state index contributed by atoms with van der Waals surface area (Å²) in [5.41, 5.74) is 12.0. The van der Waals surface area contributed by atoms with Gasteiger partial charge in [-0.1, -0.05) is 25.2 Å². The summed E-state index contributed by atoms with van der Waals surface area (Å²) < 4.78 is 0. The molecule has 0 amide bonds. The lowest BCUT2D eigenvalue weighted by atomic mass is 9.97. The molecule has 1 rings (SSSR count). The number of hydrogen-bond acceptors (Lipinski definition) is 2. The van der Waals surface area contributed by atoms with E-state index in [-0.39, 0.29) is 6.17 Å². The van der Waals surface area contributed by atoms with Crippen molar-refractivity contribution in [1.29, 1.82) is 0 Å². The van der Waals surface area contributed by atoms with Gasteiger partial charge in [-0.2, -0.15) is 0 Å². The van der Waals surface area contributed by atoms with Gasteiger partial charge in [-0.05, 0) is 17.9 Å². The molecule has 1 aliphatic rings. The van der Waals surface area contributed by atoms with Crippen molar-refractivity contribution in [2.75, 3.05) is 0 Å². The van der Waals surface area contributed by atoms with Crippen LogP contribution in [0.1, 0.15) is 13.3 Å². The van der Waals surface area contributed by atoms with Gasteiger partial charge in [-0.25, -0.2) is 0 Å². The van der Waals surface area contributed by atoms with Gasteiger partial charge in [-0.15, -0.1) is 0 Å². The molecular formula is C8H14N2. The zero-order valence-electron chi connectivity index (χ0n) is 6.25. The van der Waals surface area contributed by atoms with Crippen molar-refractivity contribution in [3.8, 4) is 0 Å². The molecule has 2 heteroatoms. The second kappa shape index (κ2) is 2.99. The largest absolute Gasteiger partial charge is 0.312 e. The first-order valence-electron chi connectivity index (χ1n) is 3.59. The van der Waals surface area contributed by atoms with Crippen LogP contribution in [0.25, 0.3) is 0 Å². The Kier molecular flexibility index (Phi) is 2.25. The Morgan fingerprint density at radius 1 is 1.60 bits per heavy atom. The van der Waals surface area contributed by atoms with Gasteiger partial charge in [0.1, 0.15) is 0 Å². The summed E-state index contributed by atoms with van der Waals surface area (Å²) in [6, 6.07) is 0. The molecule has 0 fully saturated rings. The molecule has 56 valence electrons. The molecular weight excluding hydrogens is 124 g/mol. The lowest BCUT2D eigenvalue weighted by Gasteiger charge is -2.13. The van der Waals surface area contributed by atoms with Crippen LogP contribution in [-0.2, 0) is 0 Å². The number of rotatable bonds is 1. The van der Waals surface area contributed by atoms with Crippen molar-refractivity contribution in [2.45, 2.75) is 19.5 Å². The topological polar surface area (TPSA) is 52.0 Å². The smallest absolute Gasteiger partial charge is 0.0781 e. The van der Waals surface area contributed by atoms with E-state index in [0.29, 0.717) is 5.92 Å². The van der Waals surface area contributed by atoms with E-state index in [1.165, 1.54) is 0 Å². The monoisotopic (exact) mass is 138 g/mol. The predicted octanol–water partition coefficient (Wildman–Crippen LogP) is 0.752. The Balaban J connectivity index is 2.59. The summed E-state index contributed by atoms with van der Waals surface area (Å²) in [6.45, 7) is 2.17. The highest BCUT2D eigenvalue weighted by Gasteiger charge is 2.05. The quantitative estimate of drug-likeness (QED) is 0.525. The maximum absolute atomic E-state index is 5.47. The van der Waals surface area contributed by atoms with Gasteiger partial charge < -0.3 is 11.5 Å². The fourth-order valence-electron chi connectivity index (χ4n) is 0.991. The Morgan fingerprint density at radius 2 is 2.30 bits per heavy atom. The molecule has 0 saturated carbocycles. The third kappa shape index (κ3) is 1.69. The minimum atomic E-state index is -0.302. The second-order valence-electron chi connectivity index (χ2n) is 2.80. The zero-order valence-corrected chi connectivity index (χ0v) is 6.25. The second-order valence-corrected chi connectivity index (χ2v) is 2.80. The van der Waals surface area contributed by atoms with Crippen molar-refractivity contribution < 1.29 is 0 Å². The fraction of sp³-hybridized carbons (Fsp3) is 0.500. The Morgan fingerprint density at radius 3 is 2.70 bits per heavy atom. The van der Waals surface area contributed by atoms with Crippen LogP contribution in [0.5, 0.6) is 0 Å². The molecule has 2 nitrogen and oxygen atoms in total. The van der Waals surface area contributed by atoms with Gasteiger partial charge >= 0.3 is 0 Å². The average Bonchev–Trinajstić information content (AvgIpc) is 1.88. The highest BCUT2D eigenvalue weighted by Crippen LogP contribution is 2.15. The first kappa shape index (κ1) is 7.51. The van der Waals surface area contributed by atoms with Gasteiger partial charge in [0.15, 0.2) is 0 Å². The molecule has 0 bridgehead atoms. The van der Waals surface area contributed by atoms with Crippen LogP contribution >= 0.6 is 0 Å². The number of nitrogens with two attached hydrogens (primary N) is 2. The van der Waals surface area contributed by atoms with E-state index in [4.69, 9.17) is 11.5 Å². The van der Waals surface area contributed by atoms with Crippen LogP contribution in [0.4, 0.5) is 0 Å². The molecule has 0 saturated heterocycles. The van der Waals surface area contributed by atoms with Gasteiger partial charge in [-0.3, -0.25) is 0 Å². The van der Waals surface area contributed by atoms with Crippen LogP contribution < -0.4 is 11.5 Å². The molecule has 1 unspecified atom stereocenters. The zero-order chi connectivity index (χ0) is 7.56. The minimum Gasteiger partial charge on any atom is -0.312 e. The molecule has 0 aromatic rings. The van der Waals surface area contributed by atoms with E-state index >= 15 is 0 Å². The standard InChI is InChI=1S/C8H14N2/c1-6-2-4-7(5-3-6)8(9)10/h2,4-6,8H,3,9-10H2,1H3. The molecule has 0 aromatic heterocycles.